The first-order valence-electron chi connectivity index (χ1n) is 13.4. The second kappa shape index (κ2) is 12.7. The number of nitrogens with zero attached hydrogens (tertiary/aromatic N) is 2. The summed E-state index contributed by atoms with van der Waals surface area (Å²) in [5.41, 5.74) is 1.74. The Morgan fingerprint density at radius 3 is 2.49 bits per heavy atom. The highest BCUT2D eigenvalue weighted by Crippen LogP contribution is 2.36. The third-order valence-corrected chi connectivity index (χ3v) is 7.32. The number of alkyl halides is 3. The standard InChI is InChI=1S/C30H31F3N4O3.CH4/c1-19(38)35-28-17-26(10-11-34-28)40-25-9-7-20-4-5-21(14-23(20)15-25)29(39)36-24-8-6-22(18-37-12-2-3-13-37)27(16-24)30(31,32)33;/h6-11,15-17,21H,2-5,12-14,18H2,1H3,(H,36,39)(H,34,35,38);1H4. The van der Waals surface area contributed by atoms with Crippen LogP contribution in [0.3, 0.4) is 0 Å². The van der Waals surface area contributed by atoms with Crippen molar-refractivity contribution in [1.29, 1.82) is 0 Å². The van der Waals surface area contributed by atoms with E-state index in [9.17, 15) is 22.8 Å². The fraction of sp³-hybridized carbons (Fsp3) is 0.387. The molecule has 1 saturated heterocycles. The third-order valence-electron chi connectivity index (χ3n) is 7.32. The molecule has 2 N–H and O–H groups in total. The first-order chi connectivity index (χ1) is 19.1. The fourth-order valence-electron chi connectivity index (χ4n) is 5.36. The number of hydrogen-bond acceptors (Lipinski definition) is 5. The van der Waals surface area contributed by atoms with Crippen molar-refractivity contribution in [2.24, 2.45) is 5.92 Å². The van der Waals surface area contributed by atoms with Crippen LogP contribution < -0.4 is 15.4 Å². The number of aromatic nitrogens is 1. The van der Waals surface area contributed by atoms with Crippen LogP contribution in [0, 0.1) is 5.92 Å². The number of fused-ring (bicyclic) bond motifs is 1. The van der Waals surface area contributed by atoms with Crippen LogP contribution in [0.5, 0.6) is 11.5 Å². The Kier molecular flexibility index (Phi) is 9.32. The average Bonchev–Trinajstić information content (AvgIpc) is 3.41. The van der Waals surface area contributed by atoms with Crippen LogP contribution in [0.15, 0.2) is 54.7 Å². The normalized spacial score (nSPS) is 16.8. The summed E-state index contributed by atoms with van der Waals surface area (Å²) < 4.78 is 47.6. The molecule has 2 heterocycles. The summed E-state index contributed by atoms with van der Waals surface area (Å²) in [7, 11) is 0. The quantitative estimate of drug-likeness (QED) is 0.327. The van der Waals surface area contributed by atoms with E-state index in [1.807, 2.05) is 23.1 Å². The topological polar surface area (TPSA) is 83.6 Å². The zero-order valence-electron chi connectivity index (χ0n) is 22.2. The van der Waals surface area contributed by atoms with Crippen molar-refractivity contribution in [2.45, 2.75) is 59.2 Å². The minimum atomic E-state index is -4.51. The van der Waals surface area contributed by atoms with E-state index in [0.29, 0.717) is 36.6 Å². The van der Waals surface area contributed by atoms with Gasteiger partial charge in [0.2, 0.25) is 11.8 Å². The number of pyridine rings is 1. The summed E-state index contributed by atoms with van der Waals surface area (Å²) in [6, 6.07) is 13.1. The summed E-state index contributed by atoms with van der Waals surface area (Å²) in [5, 5.41) is 5.34. The highest BCUT2D eigenvalue weighted by Gasteiger charge is 2.34. The molecule has 1 aliphatic heterocycles. The van der Waals surface area contributed by atoms with Gasteiger partial charge in [0.1, 0.15) is 17.3 Å². The molecule has 218 valence electrons. The van der Waals surface area contributed by atoms with Crippen LogP contribution >= 0.6 is 0 Å². The molecule has 0 radical (unpaired) electrons. The maximum atomic E-state index is 13.9. The van der Waals surface area contributed by atoms with Crippen molar-refractivity contribution in [3.63, 3.8) is 0 Å². The van der Waals surface area contributed by atoms with Gasteiger partial charge in [-0.15, -0.1) is 0 Å². The number of carbonyl (C=O) groups is 2. The highest BCUT2D eigenvalue weighted by atomic mass is 19.4. The van der Waals surface area contributed by atoms with E-state index in [2.05, 4.69) is 15.6 Å². The predicted octanol–water partition coefficient (Wildman–Crippen LogP) is 6.83. The summed E-state index contributed by atoms with van der Waals surface area (Å²) in [6.07, 6.45) is 0.746. The van der Waals surface area contributed by atoms with Gasteiger partial charge in [0.05, 0.1) is 5.56 Å². The molecule has 7 nitrogen and oxygen atoms in total. The molecular formula is C31H35F3N4O3. The number of amides is 2. The van der Waals surface area contributed by atoms with Crippen molar-refractivity contribution in [3.8, 4) is 11.5 Å². The summed E-state index contributed by atoms with van der Waals surface area (Å²) >= 11 is 0. The van der Waals surface area contributed by atoms with Crippen molar-refractivity contribution in [1.82, 2.24) is 9.88 Å². The second-order valence-corrected chi connectivity index (χ2v) is 10.4. The minimum Gasteiger partial charge on any atom is -0.457 e. The lowest BCUT2D eigenvalue weighted by Crippen LogP contribution is -2.28. The van der Waals surface area contributed by atoms with E-state index < -0.39 is 11.7 Å². The number of rotatable bonds is 7. The Labute approximate surface area is 238 Å². The minimum absolute atomic E-state index is 0. The summed E-state index contributed by atoms with van der Waals surface area (Å²) in [4.78, 5) is 30.5. The van der Waals surface area contributed by atoms with Gasteiger partial charge in [-0.25, -0.2) is 4.98 Å². The SMILES string of the molecule is C.CC(=O)Nc1cc(Oc2ccc3c(c2)CC(C(=O)Nc2ccc(CN4CCCC4)c(C(F)(F)F)c2)CC3)ccn1. The summed E-state index contributed by atoms with van der Waals surface area (Å²) in [5.74, 6) is 0.522. The van der Waals surface area contributed by atoms with Gasteiger partial charge in [-0.3, -0.25) is 14.5 Å². The molecule has 0 saturated carbocycles. The molecule has 1 atom stereocenters. The molecule has 0 bridgehead atoms. The van der Waals surface area contributed by atoms with Gasteiger partial charge >= 0.3 is 6.18 Å². The molecule has 0 spiro atoms. The van der Waals surface area contributed by atoms with Crippen LogP contribution in [-0.4, -0.2) is 34.8 Å². The molecule has 10 heteroatoms. The first-order valence-corrected chi connectivity index (χ1v) is 13.4. The number of likely N-dealkylation sites (tertiary alicyclic amines) is 1. The zero-order chi connectivity index (χ0) is 28.3. The number of aryl methyl sites for hydroxylation is 1. The average molecular weight is 569 g/mol. The predicted molar refractivity (Wildman–Crippen MR) is 152 cm³/mol. The number of ether oxygens (including phenoxy) is 1. The van der Waals surface area contributed by atoms with Crippen molar-refractivity contribution in [2.75, 3.05) is 23.7 Å². The Balaban J connectivity index is 0.00000387. The molecule has 1 aromatic heterocycles. The van der Waals surface area contributed by atoms with E-state index >= 15 is 0 Å². The number of anilines is 2. The number of nitrogens with one attached hydrogen (secondary N) is 2. The molecule has 2 amide bonds. The van der Waals surface area contributed by atoms with E-state index in [4.69, 9.17) is 4.74 Å². The van der Waals surface area contributed by atoms with Crippen LogP contribution in [0.1, 0.15) is 55.9 Å². The molecule has 2 aliphatic rings. The van der Waals surface area contributed by atoms with E-state index in [0.717, 1.165) is 43.1 Å². The molecule has 1 fully saturated rings. The maximum absolute atomic E-state index is 13.9. The number of benzene rings is 2. The van der Waals surface area contributed by atoms with Crippen LogP contribution in [-0.2, 0) is 35.2 Å². The van der Waals surface area contributed by atoms with Gasteiger partial charge in [0.15, 0.2) is 0 Å². The smallest absolute Gasteiger partial charge is 0.416 e. The van der Waals surface area contributed by atoms with E-state index in [1.54, 1.807) is 18.2 Å². The second-order valence-electron chi connectivity index (χ2n) is 10.4. The maximum Gasteiger partial charge on any atom is 0.416 e. The molecule has 1 unspecified atom stereocenters. The van der Waals surface area contributed by atoms with Gasteiger partial charge in [0, 0.05) is 37.3 Å². The highest BCUT2D eigenvalue weighted by molar-refractivity contribution is 5.93. The van der Waals surface area contributed by atoms with E-state index in [-0.39, 0.29) is 43.0 Å². The zero-order valence-corrected chi connectivity index (χ0v) is 22.2. The van der Waals surface area contributed by atoms with E-state index in [1.165, 1.54) is 19.2 Å². The van der Waals surface area contributed by atoms with Crippen molar-refractivity contribution < 1.29 is 27.5 Å². The Morgan fingerprint density at radius 2 is 1.76 bits per heavy atom. The molecule has 41 heavy (non-hydrogen) atoms. The van der Waals surface area contributed by atoms with Crippen LogP contribution in [0.4, 0.5) is 24.7 Å². The van der Waals surface area contributed by atoms with Crippen LogP contribution in [0.2, 0.25) is 0 Å². The van der Waals surface area contributed by atoms with Gasteiger partial charge in [-0.1, -0.05) is 19.6 Å². The van der Waals surface area contributed by atoms with Gasteiger partial charge in [-0.2, -0.15) is 13.2 Å². The Morgan fingerprint density at radius 1 is 1.00 bits per heavy atom. The van der Waals surface area contributed by atoms with Crippen molar-refractivity contribution in [3.05, 3.63) is 77.0 Å². The number of carbonyl (C=O) groups excluding carboxylic acids is 2. The van der Waals surface area contributed by atoms with Gasteiger partial charge < -0.3 is 15.4 Å². The third kappa shape index (κ3) is 7.64. The lowest BCUT2D eigenvalue weighted by molar-refractivity contribution is -0.138. The lowest BCUT2D eigenvalue weighted by Gasteiger charge is -2.25. The van der Waals surface area contributed by atoms with Crippen LogP contribution in [0.25, 0.3) is 0 Å². The molecule has 1 aliphatic carbocycles. The monoisotopic (exact) mass is 568 g/mol. The fourth-order valence-corrected chi connectivity index (χ4v) is 5.36. The lowest BCUT2D eigenvalue weighted by atomic mass is 9.83. The molecule has 3 aromatic rings. The van der Waals surface area contributed by atoms with Gasteiger partial charge in [0.25, 0.3) is 0 Å². The number of halogens is 3. The Hall–Kier alpha value is -3.92. The first kappa shape index (κ1) is 30.0. The molecular weight excluding hydrogens is 533 g/mol. The number of hydrogen-bond donors (Lipinski definition) is 2. The van der Waals surface area contributed by atoms with Gasteiger partial charge in [-0.05, 0) is 92.2 Å². The molecule has 5 rings (SSSR count). The molecule has 2 aromatic carbocycles. The van der Waals surface area contributed by atoms with Crippen molar-refractivity contribution >= 4 is 23.3 Å². The summed E-state index contributed by atoms with van der Waals surface area (Å²) in [6.45, 7) is 3.24. The largest absolute Gasteiger partial charge is 0.457 e. The Bertz CT molecular complexity index is 1400.